The van der Waals surface area contributed by atoms with Crippen molar-refractivity contribution in [2.45, 2.75) is 33.2 Å². The van der Waals surface area contributed by atoms with Crippen molar-refractivity contribution < 1.29 is 9.18 Å². The first-order valence-corrected chi connectivity index (χ1v) is 5.75. The molecular formula is C13H16FN3O. The molecule has 18 heavy (non-hydrogen) atoms. The Labute approximate surface area is 105 Å². The van der Waals surface area contributed by atoms with Crippen LogP contribution in [0.1, 0.15) is 32.3 Å². The van der Waals surface area contributed by atoms with Crippen molar-refractivity contribution >= 4 is 11.4 Å². The maximum atomic E-state index is 13.8. The third-order valence-corrected chi connectivity index (χ3v) is 2.84. The molecule has 2 aromatic rings. The summed E-state index contributed by atoms with van der Waals surface area (Å²) in [5.41, 5.74) is 0.407. The maximum absolute atomic E-state index is 13.8. The minimum atomic E-state index is -0.656. The molecule has 0 spiro atoms. The van der Waals surface area contributed by atoms with E-state index in [4.69, 9.17) is 0 Å². The van der Waals surface area contributed by atoms with Crippen LogP contribution in [0.4, 0.5) is 4.39 Å². The number of rotatable bonds is 2. The van der Waals surface area contributed by atoms with Crippen molar-refractivity contribution in [1.82, 2.24) is 14.7 Å². The SMILES string of the molecule is CC(=O)NC(C)(C)c1nc(C)c2c(F)cccn12. The molecule has 1 amide bonds. The van der Waals surface area contributed by atoms with Crippen LogP contribution < -0.4 is 5.32 Å². The topological polar surface area (TPSA) is 46.4 Å². The van der Waals surface area contributed by atoms with Crippen molar-refractivity contribution in [1.29, 1.82) is 0 Å². The number of imidazole rings is 1. The van der Waals surface area contributed by atoms with E-state index in [1.807, 2.05) is 13.8 Å². The average Bonchev–Trinajstić information content (AvgIpc) is 2.56. The molecule has 0 bridgehead atoms. The Kier molecular flexibility index (Phi) is 2.84. The van der Waals surface area contributed by atoms with Gasteiger partial charge in [0, 0.05) is 13.1 Å². The van der Waals surface area contributed by atoms with Gasteiger partial charge in [-0.3, -0.25) is 9.20 Å². The number of fused-ring (bicyclic) bond motifs is 1. The summed E-state index contributed by atoms with van der Waals surface area (Å²) in [6.07, 6.45) is 1.75. The third-order valence-electron chi connectivity index (χ3n) is 2.84. The highest BCUT2D eigenvalue weighted by atomic mass is 19.1. The second kappa shape index (κ2) is 4.08. The summed E-state index contributed by atoms with van der Waals surface area (Å²) >= 11 is 0. The summed E-state index contributed by atoms with van der Waals surface area (Å²) in [5.74, 6) is 0.155. The van der Waals surface area contributed by atoms with Gasteiger partial charge < -0.3 is 5.32 Å². The molecule has 0 unspecified atom stereocenters. The van der Waals surface area contributed by atoms with Gasteiger partial charge in [-0.15, -0.1) is 0 Å². The van der Waals surface area contributed by atoms with E-state index in [9.17, 15) is 9.18 Å². The first-order valence-electron chi connectivity index (χ1n) is 5.75. The van der Waals surface area contributed by atoms with Gasteiger partial charge in [-0.2, -0.15) is 0 Å². The second-order valence-corrected chi connectivity index (χ2v) is 4.90. The molecule has 2 rings (SSSR count). The molecule has 1 N–H and O–H groups in total. The van der Waals surface area contributed by atoms with Crippen LogP contribution in [-0.2, 0) is 10.3 Å². The van der Waals surface area contributed by atoms with Crippen molar-refractivity contribution in [2.24, 2.45) is 0 Å². The maximum Gasteiger partial charge on any atom is 0.217 e. The number of nitrogens with zero attached hydrogens (tertiary/aromatic N) is 2. The van der Waals surface area contributed by atoms with Crippen molar-refractivity contribution in [3.05, 3.63) is 35.7 Å². The summed E-state index contributed by atoms with van der Waals surface area (Å²) < 4.78 is 15.4. The fraction of sp³-hybridized carbons (Fsp3) is 0.385. The summed E-state index contributed by atoms with van der Waals surface area (Å²) in [7, 11) is 0. The molecule has 2 aromatic heterocycles. The van der Waals surface area contributed by atoms with Crippen molar-refractivity contribution in [2.75, 3.05) is 0 Å². The van der Waals surface area contributed by atoms with Gasteiger partial charge in [-0.05, 0) is 32.9 Å². The van der Waals surface area contributed by atoms with Crippen LogP contribution in [0.3, 0.4) is 0 Å². The Morgan fingerprint density at radius 1 is 1.50 bits per heavy atom. The number of aromatic nitrogens is 2. The fourth-order valence-electron chi connectivity index (χ4n) is 2.21. The summed E-state index contributed by atoms with van der Waals surface area (Å²) in [6.45, 7) is 6.89. The Bertz CT molecular complexity index is 616. The van der Waals surface area contributed by atoms with Gasteiger partial charge in [-0.1, -0.05) is 0 Å². The third kappa shape index (κ3) is 1.96. The minimum absolute atomic E-state index is 0.147. The predicted octanol–water partition coefficient (Wildman–Crippen LogP) is 2.15. The molecule has 0 saturated carbocycles. The lowest BCUT2D eigenvalue weighted by atomic mass is 10.0. The lowest BCUT2D eigenvalue weighted by Gasteiger charge is -2.24. The van der Waals surface area contributed by atoms with E-state index in [1.54, 1.807) is 23.6 Å². The Morgan fingerprint density at radius 2 is 2.17 bits per heavy atom. The van der Waals surface area contributed by atoms with Crippen molar-refractivity contribution in [3.63, 3.8) is 0 Å². The summed E-state index contributed by atoms with van der Waals surface area (Å²) in [6, 6.07) is 3.02. The van der Waals surface area contributed by atoms with Crippen LogP contribution in [-0.4, -0.2) is 15.3 Å². The number of hydrogen-bond donors (Lipinski definition) is 1. The first kappa shape index (κ1) is 12.5. The Hall–Kier alpha value is -1.91. The molecule has 0 fully saturated rings. The number of nitrogens with one attached hydrogen (secondary N) is 1. The van der Waals surface area contributed by atoms with Crippen LogP contribution in [0.5, 0.6) is 0 Å². The number of halogens is 1. The molecular weight excluding hydrogens is 233 g/mol. The average molecular weight is 249 g/mol. The van der Waals surface area contributed by atoms with Gasteiger partial charge in [0.05, 0.1) is 11.2 Å². The van der Waals surface area contributed by atoms with Crippen LogP contribution in [0.25, 0.3) is 5.52 Å². The summed E-state index contributed by atoms with van der Waals surface area (Å²) in [5, 5.41) is 2.82. The van der Waals surface area contributed by atoms with Crippen LogP contribution in [0, 0.1) is 12.7 Å². The van der Waals surface area contributed by atoms with Gasteiger partial charge in [0.1, 0.15) is 17.2 Å². The van der Waals surface area contributed by atoms with E-state index in [0.717, 1.165) is 0 Å². The molecule has 0 radical (unpaired) electrons. The first-order chi connectivity index (χ1) is 8.33. The van der Waals surface area contributed by atoms with E-state index in [-0.39, 0.29) is 11.7 Å². The van der Waals surface area contributed by atoms with Crippen LogP contribution >= 0.6 is 0 Å². The zero-order valence-electron chi connectivity index (χ0n) is 10.9. The lowest BCUT2D eigenvalue weighted by molar-refractivity contribution is -0.120. The molecule has 0 aliphatic carbocycles. The van der Waals surface area contributed by atoms with Crippen LogP contribution in [0.15, 0.2) is 18.3 Å². The van der Waals surface area contributed by atoms with Gasteiger partial charge >= 0.3 is 0 Å². The van der Waals surface area contributed by atoms with E-state index < -0.39 is 5.54 Å². The molecule has 0 atom stereocenters. The highest BCUT2D eigenvalue weighted by Gasteiger charge is 2.28. The van der Waals surface area contributed by atoms with E-state index in [1.165, 1.54) is 13.0 Å². The number of carbonyl (C=O) groups excluding carboxylic acids is 1. The fourth-order valence-corrected chi connectivity index (χ4v) is 2.21. The van der Waals surface area contributed by atoms with Crippen LogP contribution in [0.2, 0.25) is 0 Å². The minimum Gasteiger partial charge on any atom is -0.344 e. The lowest BCUT2D eigenvalue weighted by Crippen LogP contribution is -2.41. The highest BCUT2D eigenvalue weighted by Crippen LogP contribution is 2.24. The Morgan fingerprint density at radius 3 is 2.78 bits per heavy atom. The molecule has 5 heteroatoms. The normalized spacial score (nSPS) is 11.8. The van der Waals surface area contributed by atoms with Crippen molar-refractivity contribution in [3.8, 4) is 0 Å². The van der Waals surface area contributed by atoms with E-state index in [0.29, 0.717) is 17.0 Å². The Balaban J connectivity index is 2.66. The number of amides is 1. The van der Waals surface area contributed by atoms with Gasteiger partial charge in [0.25, 0.3) is 0 Å². The van der Waals surface area contributed by atoms with Gasteiger partial charge in [-0.25, -0.2) is 9.37 Å². The molecule has 0 aliphatic rings. The van der Waals surface area contributed by atoms with Gasteiger partial charge in [0.2, 0.25) is 5.91 Å². The predicted molar refractivity (Wildman–Crippen MR) is 66.7 cm³/mol. The smallest absolute Gasteiger partial charge is 0.217 e. The molecule has 4 nitrogen and oxygen atoms in total. The molecule has 0 aromatic carbocycles. The number of pyridine rings is 1. The van der Waals surface area contributed by atoms with E-state index in [2.05, 4.69) is 10.3 Å². The number of aryl methyl sites for hydroxylation is 1. The monoisotopic (exact) mass is 249 g/mol. The number of carbonyl (C=O) groups is 1. The molecule has 0 saturated heterocycles. The zero-order chi connectivity index (χ0) is 13.5. The highest BCUT2D eigenvalue weighted by molar-refractivity contribution is 5.74. The second-order valence-electron chi connectivity index (χ2n) is 4.90. The standard InChI is InChI=1S/C13H16FN3O/c1-8-11-10(14)6-5-7-17(11)12(15-8)13(3,4)16-9(2)18/h5-7H,1-4H3,(H,16,18). The summed E-state index contributed by atoms with van der Waals surface area (Å²) in [4.78, 5) is 15.6. The molecule has 2 heterocycles. The van der Waals surface area contributed by atoms with E-state index >= 15 is 0 Å². The quantitative estimate of drug-likeness (QED) is 0.886. The largest absolute Gasteiger partial charge is 0.344 e. The van der Waals surface area contributed by atoms with Gasteiger partial charge in [0.15, 0.2) is 0 Å². The number of hydrogen-bond acceptors (Lipinski definition) is 2. The molecule has 0 aliphatic heterocycles. The zero-order valence-corrected chi connectivity index (χ0v) is 10.9. The molecule has 96 valence electrons.